The van der Waals surface area contributed by atoms with Crippen molar-refractivity contribution < 1.29 is 4.42 Å². The molecule has 2 aliphatic rings. The van der Waals surface area contributed by atoms with Crippen molar-refractivity contribution in [2.24, 2.45) is 5.92 Å². The van der Waals surface area contributed by atoms with Crippen molar-refractivity contribution in [3.63, 3.8) is 0 Å². The van der Waals surface area contributed by atoms with Crippen LogP contribution >= 0.6 is 0 Å². The van der Waals surface area contributed by atoms with Gasteiger partial charge in [-0.15, -0.1) is 0 Å². The van der Waals surface area contributed by atoms with Crippen LogP contribution in [0.5, 0.6) is 0 Å². The summed E-state index contributed by atoms with van der Waals surface area (Å²) >= 11 is 0. The maximum atomic E-state index is 5.66. The van der Waals surface area contributed by atoms with Crippen LogP contribution in [-0.4, -0.2) is 30.1 Å². The Hall–Kier alpha value is -0.800. The molecule has 21 heavy (non-hydrogen) atoms. The zero-order chi connectivity index (χ0) is 14.7. The monoisotopic (exact) mass is 290 g/mol. The van der Waals surface area contributed by atoms with Crippen molar-refractivity contribution in [1.82, 2.24) is 10.2 Å². The average molecular weight is 290 g/mol. The highest BCUT2D eigenvalue weighted by Crippen LogP contribution is 2.32. The van der Waals surface area contributed by atoms with E-state index in [1.807, 2.05) is 6.07 Å². The summed E-state index contributed by atoms with van der Waals surface area (Å²) in [6.07, 6.45) is 10.1. The van der Waals surface area contributed by atoms with Gasteiger partial charge in [0.25, 0.3) is 0 Å². The van der Waals surface area contributed by atoms with Crippen LogP contribution in [0.25, 0.3) is 0 Å². The van der Waals surface area contributed by atoms with Gasteiger partial charge in [-0.25, -0.2) is 0 Å². The molecular weight excluding hydrogens is 260 g/mol. The molecule has 1 aromatic rings. The van der Waals surface area contributed by atoms with E-state index in [1.54, 1.807) is 6.26 Å². The topological polar surface area (TPSA) is 28.4 Å². The van der Waals surface area contributed by atoms with Gasteiger partial charge in [0.1, 0.15) is 5.76 Å². The Kier molecular flexibility index (Phi) is 5.02. The molecule has 118 valence electrons. The van der Waals surface area contributed by atoms with Crippen molar-refractivity contribution in [1.29, 1.82) is 0 Å². The minimum absolute atomic E-state index is 0.387. The van der Waals surface area contributed by atoms with Gasteiger partial charge in [-0.3, -0.25) is 4.90 Å². The third-order valence-electron chi connectivity index (χ3n) is 5.63. The molecule has 0 bridgehead atoms. The summed E-state index contributed by atoms with van der Waals surface area (Å²) < 4.78 is 5.66. The summed E-state index contributed by atoms with van der Waals surface area (Å²) in [4.78, 5) is 2.68. The van der Waals surface area contributed by atoms with Gasteiger partial charge in [-0.2, -0.15) is 0 Å². The number of rotatable bonds is 4. The van der Waals surface area contributed by atoms with Crippen LogP contribution in [0.1, 0.15) is 64.2 Å². The Morgan fingerprint density at radius 3 is 2.81 bits per heavy atom. The quantitative estimate of drug-likeness (QED) is 0.909. The molecule has 0 amide bonds. The van der Waals surface area contributed by atoms with E-state index in [-0.39, 0.29) is 0 Å². The Bertz CT molecular complexity index is 411. The number of nitrogens with one attached hydrogen (secondary N) is 1. The molecule has 3 atom stereocenters. The maximum absolute atomic E-state index is 5.66. The lowest BCUT2D eigenvalue weighted by Crippen LogP contribution is -2.59. The molecule has 2 fully saturated rings. The molecule has 1 aromatic heterocycles. The summed E-state index contributed by atoms with van der Waals surface area (Å²) in [5.41, 5.74) is 0. The van der Waals surface area contributed by atoms with E-state index in [0.29, 0.717) is 18.1 Å². The number of nitrogens with zero attached hydrogens (tertiary/aromatic N) is 1. The summed E-state index contributed by atoms with van der Waals surface area (Å²) in [7, 11) is 0. The first kappa shape index (κ1) is 15.1. The van der Waals surface area contributed by atoms with E-state index in [0.717, 1.165) is 18.2 Å². The zero-order valence-corrected chi connectivity index (χ0v) is 13.6. The highest BCUT2D eigenvalue weighted by Gasteiger charge is 2.35. The molecule has 3 heteroatoms. The van der Waals surface area contributed by atoms with Crippen molar-refractivity contribution in [3.8, 4) is 0 Å². The fourth-order valence-electron chi connectivity index (χ4n) is 4.24. The third kappa shape index (κ3) is 3.35. The van der Waals surface area contributed by atoms with Crippen molar-refractivity contribution in [3.05, 3.63) is 24.2 Å². The summed E-state index contributed by atoms with van der Waals surface area (Å²) in [5.74, 6) is 1.99. The first-order valence-electron chi connectivity index (χ1n) is 8.82. The van der Waals surface area contributed by atoms with Crippen molar-refractivity contribution >= 4 is 0 Å². The van der Waals surface area contributed by atoms with Crippen LogP contribution in [0, 0.1) is 5.92 Å². The predicted octanol–water partition coefficient (Wildman–Crippen LogP) is 3.97. The minimum Gasteiger partial charge on any atom is -0.468 e. The van der Waals surface area contributed by atoms with Gasteiger partial charge < -0.3 is 9.73 Å². The second-order valence-corrected chi connectivity index (χ2v) is 6.86. The molecule has 1 N–H and O–H groups in total. The SMILES string of the molecule is CCC1CNC(C2CCCCC2)CN1C(C)c1ccco1. The van der Waals surface area contributed by atoms with E-state index in [1.165, 1.54) is 45.1 Å². The average Bonchev–Trinajstić information content (AvgIpc) is 3.09. The van der Waals surface area contributed by atoms with Gasteiger partial charge in [-0.05, 0) is 44.2 Å². The Labute approximate surface area is 129 Å². The molecular formula is C18H30N2O. The van der Waals surface area contributed by atoms with Crippen LogP contribution in [0.2, 0.25) is 0 Å². The van der Waals surface area contributed by atoms with Crippen LogP contribution in [-0.2, 0) is 0 Å². The number of piperazine rings is 1. The Balaban J connectivity index is 1.69. The molecule has 3 rings (SSSR count). The van der Waals surface area contributed by atoms with Crippen molar-refractivity contribution in [2.45, 2.75) is 70.5 Å². The minimum atomic E-state index is 0.387. The molecule has 3 unspecified atom stereocenters. The number of hydrogen-bond donors (Lipinski definition) is 1. The summed E-state index contributed by atoms with van der Waals surface area (Å²) in [6.45, 7) is 6.90. The first-order valence-corrected chi connectivity index (χ1v) is 8.82. The Morgan fingerprint density at radius 2 is 2.14 bits per heavy atom. The van der Waals surface area contributed by atoms with Gasteiger partial charge in [-0.1, -0.05) is 26.2 Å². The smallest absolute Gasteiger partial charge is 0.120 e. The van der Waals surface area contributed by atoms with Crippen LogP contribution in [0.4, 0.5) is 0 Å². The lowest BCUT2D eigenvalue weighted by Gasteiger charge is -2.45. The highest BCUT2D eigenvalue weighted by atomic mass is 16.3. The second kappa shape index (κ2) is 6.97. The highest BCUT2D eigenvalue weighted by molar-refractivity contribution is 5.06. The summed E-state index contributed by atoms with van der Waals surface area (Å²) in [5, 5.41) is 3.85. The fraction of sp³-hybridized carbons (Fsp3) is 0.778. The second-order valence-electron chi connectivity index (χ2n) is 6.86. The molecule has 2 heterocycles. The van der Waals surface area contributed by atoms with Gasteiger partial charge in [0.05, 0.1) is 12.3 Å². The normalized spacial score (nSPS) is 30.4. The molecule has 0 spiro atoms. The standard InChI is InChI=1S/C18H30N2O/c1-3-16-12-19-17(15-8-5-4-6-9-15)13-20(16)14(2)18-10-7-11-21-18/h7,10-11,14-17,19H,3-6,8-9,12-13H2,1-2H3. The molecule has 1 aliphatic carbocycles. The zero-order valence-electron chi connectivity index (χ0n) is 13.6. The van der Waals surface area contributed by atoms with Gasteiger partial charge in [0, 0.05) is 25.2 Å². The van der Waals surface area contributed by atoms with E-state index in [9.17, 15) is 0 Å². The lowest BCUT2D eigenvalue weighted by atomic mass is 9.82. The molecule has 3 nitrogen and oxygen atoms in total. The first-order chi connectivity index (χ1) is 10.3. The van der Waals surface area contributed by atoms with Crippen LogP contribution < -0.4 is 5.32 Å². The van der Waals surface area contributed by atoms with Gasteiger partial charge >= 0.3 is 0 Å². The molecule has 0 radical (unpaired) electrons. The summed E-state index contributed by atoms with van der Waals surface area (Å²) in [6, 6.07) is 5.82. The van der Waals surface area contributed by atoms with E-state index < -0.39 is 0 Å². The maximum Gasteiger partial charge on any atom is 0.120 e. The molecule has 1 aliphatic heterocycles. The molecule has 0 aromatic carbocycles. The van der Waals surface area contributed by atoms with E-state index in [4.69, 9.17) is 4.42 Å². The third-order valence-corrected chi connectivity index (χ3v) is 5.63. The largest absolute Gasteiger partial charge is 0.468 e. The van der Waals surface area contributed by atoms with Crippen LogP contribution in [0.15, 0.2) is 22.8 Å². The molecule has 1 saturated heterocycles. The van der Waals surface area contributed by atoms with Crippen molar-refractivity contribution in [2.75, 3.05) is 13.1 Å². The predicted molar refractivity (Wildman–Crippen MR) is 86.3 cm³/mol. The van der Waals surface area contributed by atoms with Gasteiger partial charge in [0.15, 0.2) is 0 Å². The van der Waals surface area contributed by atoms with Gasteiger partial charge in [0.2, 0.25) is 0 Å². The molecule has 1 saturated carbocycles. The lowest BCUT2D eigenvalue weighted by molar-refractivity contribution is 0.0537. The number of hydrogen-bond acceptors (Lipinski definition) is 3. The van der Waals surface area contributed by atoms with Crippen LogP contribution in [0.3, 0.4) is 0 Å². The fourth-order valence-corrected chi connectivity index (χ4v) is 4.24. The van der Waals surface area contributed by atoms with E-state index in [2.05, 4.69) is 30.1 Å². The number of furan rings is 1. The Morgan fingerprint density at radius 1 is 1.33 bits per heavy atom. The van der Waals surface area contributed by atoms with E-state index >= 15 is 0 Å².